The van der Waals surface area contributed by atoms with Crippen molar-refractivity contribution in [3.63, 3.8) is 0 Å². The molecule has 2 rings (SSSR count). The highest BCUT2D eigenvalue weighted by molar-refractivity contribution is 6.30. The van der Waals surface area contributed by atoms with Crippen LogP contribution >= 0.6 is 11.6 Å². The molecule has 0 unspecified atom stereocenters. The molecule has 0 saturated carbocycles. The lowest BCUT2D eigenvalue weighted by atomic mass is 10.1. The van der Waals surface area contributed by atoms with Gasteiger partial charge in [-0.1, -0.05) is 11.6 Å². The van der Waals surface area contributed by atoms with Crippen LogP contribution in [0.4, 0.5) is 5.69 Å². The van der Waals surface area contributed by atoms with Crippen molar-refractivity contribution in [2.75, 3.05) is 6.61 Å². The Hall–Kier alpha value is -2.67. The number of hydrogen-bond acceptors (Lipinski definition) is 5. The maximum absolute atomic E-state index is 12.3. The number of ether oxygens (including phenoxy) is 1. The number of carbonyl (C=O) groups excluding carboxylic acids is 2. The van der Waals surface area contributed by atoms with E-state index in [2.05, 4.69) is 4.98 Å². The van der Waals surface area contributed by atoms with E-state index in [0.717, 1.165) is 6.07 Å². The minimum Gasteiger partial charge on any atom is -0.478 e. The van der Waals surface area contributed by atoms with Gasteiger partial charge in [0.2, 0.25) is 5.78 Å². The minimum atomic E-state index is -0.635. The molecule has 24 heavy (non-hydrogen) atoms. The van der Waals surface area contributed by atoms with Gasteiger partial charge in [0.25, 0.3) is 0 Å². The Morgan fingerprint density at radius 1 is 1.33 bits per heavy atom. The van der Waals surface area contributed by atoms with Crippen LogP contribution in [0.3, 0.4) is 0 Å². The van der Waals surface area contributed by atoms with Gasteiger partial charge in [-0.05, 0) is 38.5 Å². The van der Waals surface area contributed by atoms with Gasteiger partial charge in [0.05, 0.1) is 10.6 Å². The largest absolute Gasteiger partial charge is 0.478 e. The molecule has 7 nitrogen and oxygen atoms in total. The summed E-state index contributed by atoms with van der Waals surface area (Å²) in [5.74, 6) is -0.604. The summed E-state index contributed by atoms with van der Waals surface area (Å²) in [4.78, 5) is 37.2. The van der Waals surface area contributed by atoms with Crippen LogP contribution in [0.1, 0.15) is 39.0 Å². The van der Waals surface area contributed by atoms with E-state index in [9.17, 15) is 19.7 Å². The first-order valence-electron chi connectivity index (χ1n) is 7.02. The van der Waals surface area contributed by atoms with Crippen LogP contribution in [0, 0.1) is 24.0 Å². The minimum absolute atomic E-state index is 0.0505. The fraction of sp³-hybridized carbons (Fsp3) is 0.250. The van der Waals surface area contributed by atoms with Gasteiger partial charge in [0.15, 0.2) is 18.1 Å². The van der Waals surface area contributed by atoms with Gasteiger partial charge in [-0.3, -0.25) is 19.7 Å². The zero-order valence-electron chi connectivity index (χ0n) is 13.3. The van der Waals surface area contributed by atoms with Crippen molar-refractivity contribution in [1.82, 2.24) is 4.98 Å². The lowest BCUT2D eigenvalue weighted by Gasteiger charge is -2.06. The molecule has 0 amide bonds. The predicted molar refractivity (Wildman–Crippen MR) is 88.2 cm³/mol. The summed E-state index contributed by atoms with van der Waals surface area (Å²) >= 11 is 5.73. The molecule has 2 aromatic rings. The summed E-state index contributed by atoms with van der Waals surface area (Å²) in [6, 6.07) is 3.92. The van der Waals surface area contributed by atoms with Crippen molar-refractivity contribution in [2.24, 2.45) is 0 Å². The Labute approximate surface area is 142 Å². The fourth-order valence-electron chi connectivity index (χ4n) is 2.53. The second kappa shape index (κ2) is 6.84. The molecule has 0 fully saturated rings. The van der Waals surface area contributed by atoms with Crippen LogP contribution in [0.25, 0.3) is 0 Å². The molecule has 0 aliphatic carbocycles. The number of rotatable bonds is 6. The average molecular weight is 351 g/mol. The van der Waals surface area contributed by atoms with E-state index in [4.69, 9.17) is 16.3 Å². The molecular formula is C16H15ClN2O5. The molecule has 0 aliphatic rings. The van der Waals surface area contributed by atoms with Crippen molar-refractivity contribution in [1.29, 1.82) is 0 Å². The van der Waals surface area contributed by atoms with Crippen LogP contribution in [-0.2, 0) is 0 Å². The molecule has 1 aromatic heterocycles. The Bertz CT molecular complexity index is 841. The van der Waals surface area contributed by atoms with E-state index in [1.807, 2.05) is 0 Å². The molecule has 1 heterocycles. The van der Waals surface area contributed by atoms with E-state index >= 15 is 0 Å². The molecule has 0 saturated heterocycles. The van der Waals surface area contributed by atoms with Crippen molar-refractivity contribution in [2.45, 2.75) is 20.8 Å². The number of nitro benzene ring substituents is 1. The molecule has 0 aliphatic heterocycles. The van der Waals surface area contributed by atoms with Crippen LogP contribution < -0.4 is 4.74 Å². The second-order valence-electron chi connectivity index (χ2n) is 5.26. The Balaban J connectivity index is 2.22. The molecule has 1 aromatic carbocycles. The van der Waals surface area contributed by atoms with Crippen molar-refractivity contribution in [3.8, 4) is 5.75 Å². The topological polar surface area (TPSA) is 102 Å². The lowest BCUT2D eigenvalue weighted by Crippen LogP contribution is -2.14. The summed E-state index contributed by atoms with van der Waals surface area (Å²) in [6.45, 7) is 4.38. The van der Waals surface area contributed by atoms with Gasteiger partial charge in [-0.2, -0.15) is 0 Å². The zero-order valence-corrected chi connectivity index (χ0v) is 14.1. The first-order valence-corrected chi connectivity index (χ1v) is 7.40. The standard InChI is InChI=1S/C16H15ClN2O5/c1-8-15(10(3)20)9(2)18-16(8)13(21)7-24-14-5-4-11(17)6-12(14)19(22)23/h4-6,18H,7H2,1-3H3. The van der Waals surface area contributed by atoms with Crippen LogP contribution in [0.2, 0.25) is 5.02 Å². The summed E-state index contributed by atoms with van der Waals surface area (Å²) < 4.78 is 5.28. The SMILES string of the molecule is CC(=O)c1c(C)[nH]c(C(=O)COc2ccc(Cl)cc2[N+](=O)[O-])c1C. The highest BCUT2D eigenvalue weighted by Gasteiger charge is 2.22. The first-order chi connectivity index (χ1) is 11.2. The van der Waals surface area contributed by atoms with Gasteiger partial charge >= 0.3 is 5.69 Å². The average Bonchev–Trinajstić information content (AvgIpc) is 2.80. The summed E-state index contributed by atoms with van der Waals surface area (Å²) in [6.07, 6.45) is 0. The number of nitrogens with one attached hydrogen (secondary N) is 1. The maximum atomic E-state index is 12.3. The molecular weight excluding hydrogens is 336 g/mol. The number of H-pyrrole nitrogens is 1. The number of aromatic amines is 1. The first kappa shape index (κ1) is 17.7. The van der Waals surface area contributed by atoms with Crippen LogP contribution in [0.15, 0.2) is 18.2 Å². The number of aromatic nitrogens is 1. The smallest absolute Gasteiger partial charge is 0.312 e. The third-order valence-electron chi connectivity index (χ3n) is 3.54. The molecule has 0 spiro atoms. The van der Waals surface area contributed by atoms with Crippen molar-refractivity contribution in [3.05, 3.63) is 55.9 Å². The number of nitrogens with zero attached hydrogens (tertiary/aromatic N) is 1. The van der Waals surface area contributed by atoms with Gasteiger partial charge in [-0.25, -0.2) is 0 Å². The molecule has 0 atom stereocenters. The predicted octanol–water partition coefficient (Wildman–Crippen LogP) is 3.66. The number of Topliss-reactive ketones (excluding diaryl/α,β-unsaturated/α-hetero) is 2. The highest BCUT2D eigenvalue weighted by Crippen LogP contribution is 2.30. The Morgan fingerprint density at radius 2 is 2.00 bits per heavy atom. The van der Waals surface area contributed by atoms with E-state index in [1.54, 1.807) is 13.8 Å². The number of ketones is 2. The summed E-state index contributed by atoms with van der Waals surface area (Å²) in [7, 11) is 0. The van der Waals surface area contributed by atoms with Crippen molar-refractivity contribution >= 4 is 28.9 Å². The van der Waals surface area contributed by atoms with E-state index in [0.29, 0.717) is 16.8 Å². The number of carbonyl (C=O) groups is 2. The third kappa shape index (κ3) is 3.46. The van der Waals surface area contributed by atoms with Gasteiger partial charge in [0.1, 0.15) is 0 Å². The van der Waals surface area contributed by atoms with E-state index in [1.165, 1.54) is 19.1 Å². The number of nitro groups is 1. The maximum Gasteiger partial charge on any atom is 0.312 e. The summed E-state index contributed by atoms with van der Waals surface area (Å²) in [5.41, 5.74) is 1.55. The van der Waals surface area contributed by atoms with Crippen LogP contribution in [-0.4, -0.2) is 28.1 Å². The summed E-state index contributed by atoms with van der Waals surface area (Å²) in [5, 5.41) is 11.2. The molecule has 1 N–H and O–H groups in total. The highest BCUT2D eigenvalue weighted by atomic mass is 35.5. The molecule has 0 radical (unpaired) electrons. The van der Waals surface area contributed by atoms with Gasteiger partial charge in [0, 0.05) is 22.3 Å². The third-order valence-corrected chi connectivity index (χ3v) is 3.78. The molecule has 0 bridgehead atoms. The Morgan fingerprint density at radius 3 is 2.54 bits per heavy atom. The Kier molecular flexibility index (Phi) is 5.04. The monoisotopic (exact) mass is 350 g/mol. The van der Waals surface area contributed by atoms with Gasteiger partial charge < -0.3 is 9.72 Å². The number of benzene rings is 1. The second-order valence-corrected chi connectivity index (χ2v) is 5.70. The lowest BCUT2D eigenvalue weighted by molar-refractivity contribution is -0.385. The van der Waals surface area contributed by atoms with E-state index < -0.39 is 17.3 Å². The van der Waals surface area contributed by atoms with E-state index in [-0.39, 0.29) is 27.9 Å². The zero-order chi connectivity index (χ0) is 18.0. The number of aryl methyl sites for hydroxylation is 1. The quantitative estimate of drug-likeness (QED) is 0.486. The molecule has 8 heteroatoms. The fourth-order valence-corrected chi connectivity index (χ4v) is 2.69. The number of hydrogen-bond donors (Lipinski definition) is 1. The van der Waals surface area contributed by atoms with Crippen molar-refractivity contribution < 1.29 is 19.2 Å². The normalized spacial score (nSPS) is 10.5. The van der Waals surface area contributed by atoms with Gasteiger partial charge in [-0.15, -0.1) is 0 Å². The number of halogens is 1. The van der Waals surface area contributed by atoms with Crippen LogP contribution in [0.5, 0.6) is 5.75 Å². The molecule has 126 valence electrons.